The number of hydrazine groups is 1. The van der Waals surface area contributed by atoms with Gasteiger partial charge in [0.05, 0.1) is 11.6 Å². The molecule has 1 aliphatic heterocycles. The second-order valence-electron chi connectivity index (χ2n) is 4.81. The maximum atomic E-state index is 12.3. The van der Waals surface area contributed by atoms with Gasteiger partial charge in [0, 0.05) is 12.8 Å². The summed E-state index contributed by atoms with van der Waals surface area (Å²) in [5.74, 6) is 5.59. The first kappa shape index (κ1) is 14.2. The second-order valence-corrected chi connectivity index (χ2v) is 6.49. The van der Waals surface area contributed by atoms with Crippen LogP contribution in [0.2, 0.25) is 0 Å². The maximum absolute atomic E-state index is 12.3. The third kappa shape index (κ3) is 2.86. The second kappa shape index (κ2) is 5.04. The quantitative estimate of drug-likeness (QED) is 0.540. The molecule has 0 aliphatic carbocycles. The lowest BCUT2D eigenvalue weighted by atomic mass is 9.97. The zero-order valence-corrected chi connectivity index (χ0v) is 11.7. The molecule has 2 rings (SSSR count). The summed E-state index contributed by atoms with van der Waals surface area (Å²) in [5.41, 5.74) is 1.75. The summed E-state index contributed by atoms with van der Waals surface area (Å²) in [7, 11) is -3.62. The monoisotopic (exact) mass is 286 g/mol. The first-order valence-electron chi connectivity index (χ1n) is 5.96. The Kier molecular flexibility index (Phi) is 3.77. The van der Waals surface area contributed by atoms with Gasteiger partial charge in [0.25, 0.3) is 0 Å². The van der Waals surface area contributed by atoms with Crippen molar-refractivity contribution in [2.75, 3.05) is 12.0 Å². The number of hydrogen-bond acceptors (Lipinski definition) is 6. The Morgan fingerprint density at radius 2 is 2.26 bits per heavy atom. The molecule has 2 atom stereocenters. The number of nitrogens with two attached hydrogens (primary N) is 1. The number of pyridine rings is 1. The van der Waals surface area contributed by atoms with Gasteiger partial charge in [-0.25, -0.2) is 24.0 Å². The molecule has 1 aliphatic rings. The molecule has 4 N–H and O–H groups in total. The van der Waals surface area contributed by atoms with Gasteiger partial charge < -0.3 is 10.2 Å². The summed E-state index contributed by atoms with van der Waals surface area (Å²) < 4.78 is 32.7. The molecule has 0 aromatic carbocycles. The lowest BCUT2D eigenvalue weighted by molar-refractivity contribution is 0.0957. The zero-order valence-electron chi connectivity index (χ0n) is 10.9. The Labute approximate surface area is 112 Å². The summed E-state index contributed by atoms with van der Waals surface area (Å²) in [6, 6.07) is 2.96. The fourth-order valence-electron chi connectivity index (χ4n) is 1.96. The fraction of sp³-hybridized carbons (Fsp3) is 0.545. The highest BCUT2D eigenvalue weighted by molar-refractivity contribution is 7.89. The summed E-state index contributed by atoms with van der Waals surface area (Å²) >= 11 is 0. The molecule has 1 saturated heterocycles. The predicted molar refractivity (Wildman–Crippen MR) is 70.8 cm³/mol. The molecule has 2 heterocycles. The van der Waals surface area contributed by atoms with Crippen LogP contribution in [0, 0.1) is 0 Å². The smallest absolute Gasteiger partial charge is 0.242 e. The van der Waals surface area contributed by atoms with Crippen molar-refractivity contribution in [1.82, 2.24) is 9.71 Å². The van der Waals surface area contributed by atoms with Crippen molar-refractivity contribution < 1.29 is 13.2 Å². The van der Waals surface area contributed by atoms with E-state index in [0.29, 0.717) is 18.8 Å². The lowest BCUT2D eigenvalue weighted by Crippen LogP contribution is -2.50. The normalized spacial score (nSPS) is 27.4. The molecule has 0 bridgehead atoms. The van der Waals surface area contributed by atoms with E-state index in [1.54, 1.807) is 0 Å². The maximum Gasteiger partial charge on any atom is 0.242 e. The zero-order chi connectivity index (χ0) is 14.1. The molecule has 8 heteroatoms. The van der Waals surface area contributed by atoms with Crippen molar-refractivity contribution in [3.63, 3.8) is 0 Å². The molecule has 0 radical (unpaired) electrons. The molecule has 0 amide bonds. The molecule has 19 heavy (non-hydrogen) atoms. The van der Waals surface area contributed by atoms with Crippen LogP contribution in [0.1, 0.15) is 20.3 Å². The SMILES string of the molecule is CC1OCCC1(C)NS(=O)(=O)c1ccc(NN)nc1. The predicted octanol–water partition coefficient (Wildman–Crippen LogP) is 0.213. The van der Waals surface area contributed by atoms with Crippen molar-refractivity contribution in [1.29, 1.82) is 0 Å². The molecule has 1 fully saturated rings. The van der Waals surface area contributed by atoms with Crippen molar-refractivity contribution >= 4 is 15.8 Å². The minimum Gasteiger partial charge on any atom is -0.376 e. The molecule has 0 saturated carbocycles. The highest BCUT2D eigenvalue weighted by Crippen LogP contribution is 2.27. The molecule has 7 nitrogen and oxygen atoms in total. The van der Waals surface area contributed by atoms with Crippen molar-refractivity contribution in [3.05, 3.63) is 18.3 Å². The molecular weight excluding hydrogens is 268 g/mol. The van der Waals surface area contributed by atoms with E-state index in [0.717, 1.165) is 0 Å². The van der Waals surface area contributed by atoms with Crippen LogP contribution in [-0.4, -0.2) is 31.7 Å². The van der Waals surface area contributed by atoms with Crippen LogP contribution in [0.25, 0.3) is 0 Å². The van der Waals surface area contributed by atoms with Gasteiger partial charge in [-0.15, -0.1) is 0 Å². The van der Waals surface area contributed by atoms with E-state index >= 15 is 0 Å². The topological polar surface area (TPSA) is 106 Å². The molecular formula is C11H18N4O3S. The van der Waals surface area contributed by atoms with Gasteiger partial charge >= 0.3 is 0 Å². The number of ether oxygens (including phenoxy) is 1. The number of rotatable bonds is 4. The Hall–Kier alpha value is -1.22. The number of nitrogens with one attached hydrogen (secondary N) is 2. The van der Waals surface area contributed by atoms with E-state index in [4.69, 9.17) is 10.6 Å². The van der Waals surface area contributed by atoms with E-state index in [2.05, 4.69) is 15.1 Å². The van der Waals surface area contributed by atoms with Crippen LogP contribution < -0.4 is 16.0 Å². The number of aromatic nitrogens is 1. The van der Waals surface area contributed by atoms with Crippen LogP contribution in [-0.2, 0) is 14.8 Å². The van der Waals surface area contributed by atoms with Gasteiger partial charge in [-0.05, 0) is 32.4 Å². The number of nitrogens with zero attached hydrogens (tertiary/aromatic N) is 1. The average molecular weight is 286 g/mol. The average Bonchev–Trinajstić information content (AvgIpc) is 2.68. The van der Waals surface area contributed by atoms with Gasteiger partial charge in [-0.1, -0.05) is 0 Å². The van der Waals surface area contributed by atoms with E-state index in [1.807, 2.05) is 13.8 Å². The molecule has 0 spiro atoms. The highest BCUT2D eigenvalue weighted by Gasteiger charge is 2.40. The van der Waals surface area contributed by atoms with Crippen LogP contribution in [0.15, 0.2) is 23.2 Å². The Morgan fingerprint density at radius 3 is 2.74 bits per heavy atom. The molecule has 106 valence electrons. The molecule has 1 aromatic heterocycles. The Balaban J connectivity index is 2.22. The lowest BCUT2D eigenvalue weighted by Gasteiger charge is -2.28. The number of anilines is 1. The van der Waals surface area contributed by atoms with Gasteiger partial charge in [-0.3, -0.25) is 0 Å². The number of nitrogen functional groups attached to an aromatic ring is 1. The first-order chi connectivity index (χ1) is 8.87. The fourth-order valence-corrected chi connectivity index (χ4v) is 3.40. The minimum absolute atomic E-state index is 0.104. The highest BCUT2D eigenvalue weighted by atomic mass is 32.2. The van der Waals surface area contributed by atoms with Gasteiger partial charge in [0.15, 0.2) is 0 Å². The summed E-state index contributed by atoms with van der Waals surface area (Å²) in [4.78, 5) is 4.00. The van der Waals surface area contributed by atoms with E-state index in [-0.39, 0.29) is 11.0 Å². The van der Waals surface area contributed by atoms with Crippen LogP contribution in [0.3, 0.4) is 0 Å². The van der Waals surface area contributed by atoms with Gasteiger partial charge in [0.2, 0.25) is 10.0 Å². The van der Waals surface area contributed by atoms with E-state index < -0.39 is 15.6 Å². The van der Waals surface area contributed by atoms with E-state index in [1.165, 1.54) is 18.3 Å². The largest absolute Gasteiger partial charge is 0.376 e. The minimum atomic E-state index is -3.62. The first-order valence-corrected chi connectivity index (χ1v) is 7.44. The summed E-state index contributed by atoms with van der Waals surface area (Å²) in [6.45, 7) is 4.25. The molecule has 1 aromatic rings. The summed E-state index contributed by atoms with van der Waals surface area (Å²) in [5, 5.41) is 0. The van der Waals surface area contributed by atoms with Crippen LogP contribution in [0.5, 0.6) is 0 Å². The van der Waals surface area contributed by atoms with E-state index in [9.17, 15) is 8.42 Å². The van der Waals surface area contributed by atoms with Gasteiger partial charge in [0.1, 0.15) is 10.7 Å². The third-order valence-electron chi connectivity index (χ3n) is 3.45. The number of sulfonamides is 1. The van der Waals surface area contributed by atoms with Crippen molar-refractivity contribution in [2.24, 2.45) is 5.84 Å². The van der Waals surface area contributed by atoms with Crippen LogP contribution in [0.4, 0.5) is 5.82 Å². The van der Waals surface area contributed by atoms with Crippen molar-refractivity contribution in [3.8, 4) is 0 Å². The standard InChI is InChI=1S/C11H18N4O3S/c1-8-11(2,5-6-18-8)15-19(16,17)9-3-4-10(14-12)13-7-9/h3-4,7-8,15H,5-6,12H2,1-2H3,(H,13,14). The van der Waals surface area contributed by atoms with Crippen LogP contribution >= 0.6 is 0 Å². The number of hydrogen-bond donors (Lipinski definition) is 3. The third-order valence-corrected chi connectivity index (χ3v) is 5.05. The van der Waals surface area contributed by atoms with Crippen molar-refractivity contribution in [2.45, 2.75) is 36.8 Å². The Morgan fingerprint density at radius 1 is 1.53 bits per heavy atom. The van der Waals surface area contributed by atoms with Gasteiger partial charge in [-0.2, -0.15) is 0 Å². The Bertz CT molecular complexity index is 546. The molecule has 2 unspecified atom stereocenters. The summed E-state index contributed by atoms with van der Waals surface area (Å²) in [6.07, 6.45) is 1.74.